The first-order valence-electron chi connectivity index (χ1n) is 6.61. The topological polar surface area (TPSA) is 107 Å². The molecule has 0 unspecified atom stereocenters. The van der Waals surface area contributed by atoms with E-state index in [1.807, 2.05) is 0 Å². The monoisotopic (exact) mass is 302 g/mol. The molecule has 0 aliphatic rings. The Bertz CT molecular complexity index is 696. The fourth-order valence-electron chi connectivity index (χ4n) is 2.00. The Morgan fingerprint density at radius 1 is 1.41 bits per heavy atom. The summed E-state index contributed by atoms with van der Waals surface area (Å²) in [6.45, 7) is 0.702. The molecule has 0 bridgehead atoms. The minimum atomic E-state index is -0.557. The molecule has 22 heavy (non-hydrogen) atoms. The molecule has 1 amide bonds. The van der Waals surface area contributed by atoms with Gasteiger partial charge in [0.15, 0.2) is 6.29 Å². The number of benzene rings is 1. The van der Waals surface area contributed by atoms with E-state index in [4.69, 9.17) is 0 Å². The average molecular weight is 302 g/mol. The maximum absolute atomic E-state index is 12.0. The maximum Gasteiger partial charge on any atom is 0.434 e. The van der Waals surface area contributed by atoms with E-state index in [0.29, 0.717) is 36.9 Å². The number of carbonyl (C=O) groups excluding carboxylic acids is 2. The Balaban J connectivity index is 1.86. The van der Waals surface area contributed by atoms with Crippen LogP contribution in [0, 0.1) is 10.1 Å². The first kappa shape index (κ1) is 15.4. The van der Waals surface area contributed by atoms with Crippen molar-refractivity contribution in [2.24, 2.45) is 0 Å². The van der Waals surface area contributed by atoms with E-state index in [1.165, 1.54) is 17.0 Å². The standard InChI is InChI=1S/C14H14N4O4/c19-10-11-4-1-2-5-12(11)13(20)15-6-3-8-17-9-7-16-14(17)18(21)22/h1-2,4-5,7,9-10H,3,6,8H2,(H,15,20). The molecule has 1 heterocycles. The number of hydrogen-bond donors (Lipinski definition) is 1. The molecule has 114 valence electrons. The number of carbonyl (C=O) groups is 2. The van der Waals surface area contributed by atoms with Crippen molar-refractivity contribution in [2.75, 3.05) is 6.54 Å². The third-order valence-electron chi connectivity index (χ3n) is 3.05. The molecule has 0 aliphatic heterocycles. The van der Waals surface area contributed by atoms with Gasteiger partial charge in [-0.1, -0.05) is 23.2 Å². The average Bonchev–Trinajstić information content (AvgIpc) is 3.00. The van der Waals surface area contributed by atoms with Gasteiger partial charge in [-0.05, 0) is 17.4 Å². The molecule has 1 aromatic heterocycles. The second-order valence-corrected chi connectivity index (χ2v) is 4.49. The first-order valence-corrected chi connectivity index (χ1v) is 6.61. The van der Waals surface area contributed by atoms with E-state index in [-0.39, 0.29) is 11.9 Å². The quantitative estimate of drug-likeness (QED) is 0.360. The lowest BCUT2D eigenvalue weighted by molar-refractivity contribution is -0.396. The van der Waals surface area contributed by atoms with Gasteiger partial charge in [0.1, 0.15) is 12.4 Å². The van der Waals surface area contributed by atoms with E-state index in [1.54, 1.807) is 24.3 Å². The molecule has 0 radical (unpaired) electrons. The number of rotatable bonds is 7. The highest BCUT2D eigenvalue weighted by atomic mass is 16.6. The Hall–Kier alpha value is -3.03. The molecule has 1 aromatic carbocycles. The second-order valence-electron chi connectivity index (χ2n) is 4.49. The molecule has 0 saturated heterocycles. The fourth-order valence-corrected chi connectivity index (χ4v) is 2.00. The van der Waals surface area contributed by atoms with Crippen LogP contribution >= 0.6 is 0 Å². The van der Waals surface area contributed by atoms with Crippen molar-refractivity contribution in [3.05, 3.63) is 57.9 Å². The lowest BCUT2D eigenvalue weighted by Crippen LogP contribution is -2.26. The molecule has 2 aromatic rings. The summed E-state index contributed by atoms with van der Waals surface area (Å²) in [6.07, 6.45) is 4.01. The minimum absolute atomic E-state index is 0.224. The van der Waals surface area contributed by atoms with Crippen LogP contribution in [0.3, 0.4) is 0 Å². The van der Waals surface area contributed by atoms with Crippen molar-refractivity contribution in [1.82, 2.24) is 14.9 Å². The summed E-state index contributed by atoms with van der Waals surface area (Å²) in [5, 5.41) is 13.4. The highest BCUT2D eigenvalue weighted by Gasteiger charge is 2.14. The Morgan fingerprint density at radius 3 is 2.91 bits per heavy atom. The van der Waals surface area contributed by atoms with E-state index < -0.39 is 4.92 Å². The predicted octanol–water partition coefficient (Wildman–Crippen LogP) is 1.42. The van der Waals surface area contributed by atoms with E-state index in [2.05, 4.69) is 10.3 Å². The molecule has 2 rings (SSSR count). The summed E-state index contributed by atoms with van der Waals surface area (Å²) in [6, 6.07) is 6.49. The van der Waals surface area contributed by atoms with Gasteiger partial charge in [0, 0.05) is 17.7 Å². The van der Waals surface area contributed by atoms with Gasteiger partial charge in [-0.25, -0.2) is 4.57 Å². The predicted molar refractivity (Wildman–Crippen MR) is 77.7 cm³/mol. The number of aldehydes is 1. The van der Waals surface area contributed by atoms with Gasteiger partial charge in [-0.2, -0.15) is 0 Å². The zero-order valence-electron chi connectivity index (χ0n) is 11.6. The van der Waals surface area contributed by atoms with Crippen molar-refractivity contribution in [3.8, 4) is 0 Å². The van der Waals surface area contributed by atoms with Gasteiger partial charge in [-0.3, -0.25) is 9.59 Å². The molecule has 0 saturated carbocycles. The van der Waals surface area contributed by atoms with Crippen molar-refractivity contribution >= 4 is 18.1 Å². The van der Waals surface area contributed by atoms with Gasteiger partial charge < -0.3 is 15.4 Å². The third-order valence-corrected chi connectivity index (χ3v) is 3.05. The normalized spacial score (nSPS) is 10.2. The summed E-state index contributed by atoms with van der Waals surface area (Å²) >= 11 is 0. The number of nitrogens with one attached hydrogen (secondary N) is 1. The van der Waals surface area contributed by atoms with Crippen molar-refractivity contribution < 1.29 is 14.5 Å². The van der Waals surface area contributed by atoms with Gasteiger partial charge in [0.05, 0.1) is 6.54 Å². The number of nitro groups is 1. The van der Waals surface area contributed by atoms with Crippen LogP contribution in [0.25, 0.3) is 0 Å². The van der Waals surface area contributed by atoms with Crippen LogP contribution in [0.1, 0.15) is 27.1 Å². The Kier molecular flexibility index (Phi) is 4.97. The maximum atomic E-state index is 12.0. The highest BCUT2D eigenvalue weighted by molar-refractivity contribution is 6.01. The summed E-state index contributed by atoms with van der Waals surface area (Å²) in [4.78, 5) is 36.6. The number of imidazole rings is 1. The lowest BCUT2D eigenvalue weighted by atomic mass is 10.1. The molecular formula is C14H14N4O4. The van der Waals surface area contributed by atoms with E-state index >= 15 is 0 Å². The molecule has 0 spiro atoms. The van der Waals surface area contributed by atoms with Crippen molar-refractivity contribution in [2.45, 2.75) is 13.0 Å². The molecule has 8 heteroatoms. The van der Waals surface area contributed by atoms with Crippen LogP contribution in [0.15, 0.2) is 36.7 Å². The van der Waals surface area contributed by atoms with Gasteiger partial charge in [0.25, 0.3) is 5.91 Å². The van der Waals surface area contributed by atoms with Crippen LogP contribution in [0.4, 0.5) is 5.95 Å². The lowest BCUT2D eigenvalue weighted by Gasteiger charge is -2.06. The first-order chi connectivity index (χ1) is 10.6. The number of hydrogen-bond acceptors (Lipinski definition) is 5. The minimum Gasteiger partial charge on any atom is -0.390 e. The van der Waals surface area contributed by atoms with Crippen LogP contribution in [0.5, 0.6) is 0 Å². The fraction of sp³-hybridized carbons (Fsp3) is 0.214. The Morgan fingerprint density at radius 2 is 2.18 bits per heavy atom. The number of aryl methyl sites for hydroxylation is 1. The van der Waals surface area contributed by atoms with Crippen molar-refractivity contribution in [3.63, 3.8) is 0 Å². The number of aromatic nitrogens is 2. The molecular weight excluding hydrogens is 288 g/mol. The molecule has 1 N–H and O–H groups in total. The van der Waals surface area contributed by atoms with E-state index in [9.17, 15) is 19.7 Å². The van der Waals surface area contributed by atoms with Crippen LogP contribution < -0.4 is 5.32 Å². The summed E-state index contributed by atoms with van der Waals surface area (Å²) < 4.78 is 1.41. The summed E-state index contributed by atoms with van der Waals surface area (Å²) in [5.41, 5.74) is 0.636. The third kappa shape index (κ3) is 3.54. The molecule has 0 fully saturated rings. The van der Waals surface area contributed by atoms with Gasteiger partial charge in [0.2, 0.25) is 0 Å². The van der Waals surface area contributed by atoms with Gasteiger partial charge >= 0.3 is 5.95 Å². The summed E-state index contributed by atoms with van der Waals surface area (Å²) in [7, 11) is 0. The van der Waals surface area contributed by atoms with Gasteiger partial charge in [-0.15, -0.1) is 0 Å². The second kappa shape index (κ2) is 7.11. The zero-order chi connectivity index (χ0) is 15.9. The number of amides is 1. The summed E-state index contributed by atoms with van der Waals surface area (Å²) in [5.74, 6) is -0.569. The molecule has 8 nitrogen and oxygen atoms in total. The van der Waals surface area contributed by atoms with Crippen LogP contribution in [-0.2, 0) is 6.54 Å². The van der Waals surface area contributed by atoms with Crippen LogP contribution in [0.2, 0.25) is 0 Å². The highest BCUT2D eigenvalue weighted by Crippen LogP contribution is 2.08. The SMILES string of the molecule is O=Cc1ccccc1C(=O)NCCCn1ccnc1[N+](=O)[O-]. The Labute approximate surface area is 125 Å². The largest absolute Gasteiger partial charge is 0.434 e. The van der Waals surface area contributed by atoms with Crippen molar-refractivity contribution in [1.29, 1.82) is 0 Å². The van der Waals surface area contributed by atoms with Crippen LogP contribution in [-0.4, -0.2) is 33.2 Å². The number of nitrogens with zero attached hydrogens (tertiary/aromatic N) is 3. The van der Waals surface area contributed by atoms with E-state index in [0.717, 1.165) is 0 Å². The molecule has 0 aliphatic carbocycles. The zero-order valence-corrected chi connectivity index (χ0v) is 11.6. The molecule has 0 atom stereocenters. The smallest absolute Gasteiger partial charge is 0.390 e.